The van der Waals surface area contributed by atoms with Crippen molar-refractivity contribution in [3.8, 4) is 0 Å². The third-order valence-electron chi connectivity index (χ3n) is 4.45. The number of benzene rings is 1. The smallest absolute Gasteiger partial charge is 0.0366 e. The maximum absolute atomic E-state index is 2.54. The van der Waals surface area contributed by atoms with Crippen molar-refractivity contribution in [3.63, 3.8) is 0 Å². The molecule has 0 aliphatic carbocycles. The van der Waals surface area contributed by atoms with E-state index in [-0.39, 0.29) is 0 Å². The van der Waals surface area contributed by atoms with E-state index in [0.717, 1.165) is 12.0 Å². The summed E-state index contributed by atoms with van der Waals surface area (Å²) >= 11 is 0. The summed E-state index contributed by atoms with van der Waals surface area (Å²) in [6.07, 6.45) is 1.26. The molecule has 1 heterocycles. The summed E-state index contributed by atoms with van der Waals surface area (Å²) in [7, 11) is 4.41. The summed E-state index contributed by atoms with van der Waals surface area (Å²) in [5.74, 6) is 1.35. The Kier molecular flexibility index (Phi) is 4.51. The van der Waals surface area contributed by atoms with Gasteiger partial charge in [-0.1, -0.05) is 32.9 Å². The van der Waals surface area contributed by atoms with Crippen molar-refractivity contribution in [1.82, 2.24) is 4.90 Å². The zero-order valence-electron chi connectivity index (χ0n) is 13.1. The van der Waals surface area contributed by atoms with E-state index in [2.05, 4.69) is 68.9 Å². The van der Waals surface area contributed by atoms with Gasteiger partial charge in [0.2, 0.25) is 0 Å². The molecule has 1 aliphatic rings. The van der Waals surface area contributed by atoms with E-state index in [9.17, 15) is 0 Å². The molecule has 2 unspecified atom stereocenters. The lowest BCUT2D eigenvalue weighted by Gasteiger charge is -2.41. The largest absolute Gasteiger partial charge is 0.371 e. The van der Waals surface area contributed by atoms with Gasteiger partial charge in [-0.3, -0.25) is 0 Å². The lowest BCUT2D eigenvalue weighted by molar-refractivity contribution is 0.191. The maximum Gasteiger partial charge on any atom is 0.0366 e. The van der Waals surface area contributed by atoms with E-state index in [0.29, 0.717) is 5.92 Å². The van der Waals surface area contributed by atoms with Gasteiger partial charge in [-0.2, -0.15) is 0 Å². The predicted molar refractivity (Wildman–Crippen MR) is 84.0 cm³/mol. The highest BCUT2D eigenvalue weighted by Crippen LogP contribution is 2.26. The molecule has 0 radical (unpaired) electrons. The molecule has 0 N–H and O–H groups in total. The number of piperidine rings is 1. The molecular formula is C17H28N2. The van der Waals surface area contributed by atoms with E-state index < -0.39 is 0 Å². The fourth-order valence-electron chi connectivity index (χ4n) is 3.20. The van der Waals surface area contributed by atoms with Crippen molar-refractivity contribution >= 4 is 5.69 Å². The van der Waals surface area contributed by atoms with E-state index in [1.165, 1.54) is 30.8 Å². The van der Waals surface area contributed by atoms with Gasteiger partial charge in [-0.15, -0.1) is 0 Å². The topological polar surface area (TPSA) is 6.48 Å². The Labute approximate surface area is 118 Å². The van der Waals surface area contributed by atoms with Crippen molar-refractivity contribution in [2.45, 2.75) is 39.2 Å². The molecule has 2 rings (SSSR count). The van der Waals surface area contributed by atoms with Crippen LogP contribution in [0.2, 0.25) is 0 Å². The van der Waals surface area contributed by atoms with Crippen LogP contribution in [0.1, 0.15) is 38.7 Å². The molecule has 0 aromatic heterocycles. The average molecular weight is 260 g/mol. The lowest BCUT2D eigenvalue weighted by Crippen LogP contribution is -2.47. The van der Waals surface area contributed by atoms with Crippen LogP contribution < -0.4 is 4.90 Å². The number of hydrogen-bond donors (Lipinski definition) is 0. The van der Waals surface area contributed by atoms with Gasteiger partial charge in [-0.05, 0) is 50.0 Å². The molecule has 0 amide bonds. The summed E-state index contributed by atoms with van der Waals surface area (Å²) < 4.78 is 0. The SMILES string of the molecule is CC(C)c1ccc(N2CCC(N(C)C)C(C)C2)cc1. The minimum absolute atomic E-state index is 0.618. The number of hydrogen-bond acceptors (Lipinski definition) is 2. The number of rotatable bonds is 3. The van der Waals surface area contributed by atoms with Gasteiger partial charge in [0.1, 0.15) is 0 Å². The number of anilines is 1. The third-order valence-corrected chi connectivity index (χ3v) is 4.45. The molecule has 1 fully saturated rings. The second-order valence-electron chi connectivity index (χ2n) is 6.49. The van der Waals surface area contributed by atoms with Gasteiger partial charge in [-0.25, -0.2) is 0 Å². The van der Waals surface area contributed by atoms with Crippen LogP contribution in [-0.2, 0) is 0 Å². The zero-order valence-corrected chi connectivity index (χ0v) is 13.1. The third kappa shape index (κ3) is 3.30. The summed E-state index contributed by atoms with van der Waals surface area (Å²) in [5, 5.41) is 0. The summed E-state index contributed by atoms with van der Waals surface area (Å²) in [6, 6.07) is 9.87. The van der Waals surface area contributed by atoms with Gasteiger partial charge in [0, 0.05) is 24.8 Å². The van der Waals surface area contributed by atoms with E-state index in [1.54, 1.807) is 0 Å². The van der Waals surface area contributed by atoms with Crippen LogP contribution in [0.5, 0.6) is 0 Å². The van der Waals surface area contributed by atoms with Crippen molar-refractivity contribution in [2.24, 2.45) is 5.92 Å². The molecule has 1 aromatic carbocycles. The Morgan fingerprint density at radius 2 is 1.79 bits per heavy atom. The van der Waals surface area contributed by atoms with Crippen molar-refractivity contribution in [2.75, 3.05) is 32.1 Å². The Morgan fingerprint density at radius 1 is 1.16 bits per heavy atom. The summed E-state index contributed by atoms with van der Waals surface area (Å²) in [5.41, 5.74) is 2.81. The van der Waals surface area contributed by atoms with Crippen LogP contribution in [0, 0.1) is 5.92 Å². The predicted octanol–water partition coefficient (Wildman–Crippen LogP) is 3.59. The second kappa shape index (κ2) is 5.96. The second-order valence-corrected chi connectivity index (χ2v) is 6.49. The zero-order chi connectivity index (χ0) is 14.0. The molecule has 19 heavy (non-hydrogen) atoms. The first kappa shape index (κ1) is 14.4. The molecule has 0 bridgehead atoms. The maximum atomic E-state index is 2.54. The van der Waals surface area contributed by atoms with Gasteiger partial charge < -0.3 is 9.80 Å². The van der Waals surface area contributed by atoms with Crippen LogP contribution in [0.3, 0.4) is 0 Å². The highest BCUT2D eigenvalue weighted by Gasteiger charge is 2.27. The fraction of sp³-hybridized carbons (Fsp3) is 0.647. The van der Waals surface area contributed by atoms with Crippen molar-refractivity contribution in [3.05, 3.63) is 29.8 Å². The monoisotopic (exact) mass is 260 g/mol. The highest BCUT2D eigenvalue weighted by atomic mass is 15.2. The standard InChI is InChI=1S/C17H28N2/c1-13(2)15-6-8-16(9-7-15)19-11-10-17(18(4)5)14(3)12-19/h6-9,13-14,17H,10-12H2,1-5H3. The number of nitrogens with zero attached hydrogens (tertiary/aromatic N) is 2. The molecule has 0 spiro atoms. The lowest BCUT2D eigenvalue weighted by atomic mass is 9.92. The first-order valence-electron chi connectivity index (χ1n) is 7.50. The first-order chi connectivity index (χ1) is 8.99. The molecule has 2 heteroatoms. The molecule has 2 atom stereocenters. The minimum Gasteiger partial charge on any atom is -0.371 e. The highest BCUT2D eigenvalue weighted by molar-refractivity contribution is 5.48. The molecule has 1 aromatic rings. The Bertz CT molecular complexity index is 394. The Hall–Kier alpha value is -1.02. The molecule has 2 nitrogen and oxygen atoms in total. The normalized spacial score (nSPS) is 24.3. The fourth-order valence-corrected chi connectivity index (χ4v) is 3.20. The van der Waals surface area contributed by atoms with Crippen LogP contribution in [-0.4, -0.2) is 38.1 Å². The molecule has 1 saturated heterocycles. The van der Waals surface area contributed by atoms with Crippen molar-refractivity contribution < 1.29 is 0 Å². The molecule has 106 valence electrons. The summed E-state index contributed by atoms with van der Waals surface area (Å²) in [6.45, 7) is 9.22. The van der Waals surface area contributed by atoms with Crippen LogP contribution in [0.15, 0.2) is 24.3 Å². The van der Waals surface area contributed by atoms with E-state index in [4.69, 9.17) is 0 Å². The molecule has 1 aliphatic heterocycles. The van der Waals surface area contributed by atoms with Gasteiger partial charge in [0.15, 0.2) is 0 Å². The summed E-state index contributed by atoms with van der Waals surface area (Å²) in [4.78, 5) is 4.92. The average Bonchev–Trinajstić information content (AvgIpc) is 2.38. The van der Waals surface area contributed by atoms with Gasteiger partial charge in [0.05, 0.1) is 0 Å². The van der Waals surface area contributed by atoms with Crippen LogP contribution in [0.4, 0.5) is 5.69 Å². The van der Waals surface area contributed by atoms with Crippen molar-refractivity contribution in [1.29, 1.82) is 0 Å². The Balaban J connectivity index is 2.04. The first-order valence-corrected chi connectivity index (χ1v) is 7.50. The molecular weight excluding hydrogens is 232 g/mol. The van der Waals surface area contributed by atoms with E-state index in [1.807, 2.05) is 0 Å². The molecule has 0 saturated carbocycles. The van der Waals surface area contributed by atoms with Crippen LogP contribution >= 0.6 is 0 Å². The van der Waals surface area contributed by atoms with Crippen LogP contribution in [0.25, 0.3) is 0 Å². The van der Waals surface area contributed by atoms with E-state index >= 15 is 0 Å². The van der Waals surface area contributed by atoms with Gasteiger partial charge in [0.25, 0.3) is 0 Å². The quantitative estimate of drug-likeness (QED) is 0.819. The van der Waals surface area contributed by atoms with Gasteiger partial charge >= 0.3 is 0 Å². The Morgan fingerprint density at radius 3 is 2.26 bits per heavy atom. The minimum atomic E-state index is 0.618.